The fourth-order valence-corrected chi connectivity index (χ4v) is 2.51. The molecule has 0 unspecified atom stereocenters. The minimum atomic E-state index is -0.184. The fourth-order valence-electron chi connectivity index (χ4n) is 2.27. The van der Waals surface area contributed by atoms with Gasteiger partial charge in [-0.1, -0.05) is 57.9 Å². The molecule has 0 spiro atoms. The third kappa shape index (κ3) is 8.01. The molecule has 114 valence electrons. The van der Waals surface area contributed by atoms with Gasteiger partial charge in [-0.2, -0.15) is 0 Å². The SMILES string of the molecule is CCCCCCCCCCNCc1ccc(Br)c(F)c1. The summed E-state index contributed by atoms with van der Waals surface area (Å²) in [6.07, 6.45) is 10.7. The van der Waals surface area contributed by atoms with Crippen LogP contribution < -0.4 is 5.32 Å². The fraction of sp³-hybridized carbons (Fsp3) is 0.647. The molecule has 0 bridgehead atoms. The normalized spacial score (nSPS) is 10.9. The molecule has 1 nitrogen and oxygen atoms in total. The second-order valence-electron chi connectivity index (χ2n) is 5.40. The monoisotopic (exact) mass is 343 g/mol. The predicted molar refractivity (Wildman–Crippen MR) is 88.4 cm³/mol. The van der Waals surface area contributed by atoms with Crippen LogP contribution in [-0.2, 0) is 6.54 Å². The van der Waals surface area contributed by atoms with E-state index >= 15 is 0 Å². The van der Waals surface area contributed by atoms with Gasteiger partial charge < -0.3 is 5.32 Å². The van der Waals surface area contributed by atoms with E-state index < -0.39 is 0 Å². The molecule has 0 fully saturated rings. The van der Waals surface area contributed by atoms with Crippen molar-refractivity contribution in [2.75, 3.05) is 6.54 Å². The molecule has 0 aliphatic carbocycles. The zero-order valence-corrected chi connectivity index (χ0v) is 14.1. The van der Waals surface area contributed by atoms with Crippen LogP contribution in [0.15, 0.2) is 22.7 Å². The molecule has 1 N–H and O–H groups in total. The minimum absolute atomic E-state index is 0.184. The number of hydrogen-bond acceptors (Lipinski definition) is 1. The number of benzene rings is 1. The summed E-state index contributed by atoms with van der Waals surface area (Å²) in [5.74, 6) is -0.184. The Balaban J connectivity index is 1.95. The van der Waals surface area contributed by atoms with Crippen LogP contribution in [0.4, 0.5) is 4.39 Å². The third-order valence-corrected chi connectivity index (χ3v) is 4.16. The Morgan fingerprint density at radius 2 is 1.65 bits per heavy atom. The molecule has 3 heteroatoms. The lowest BCUT2D eigenvalue weighted by atomic mass is 10.1. The molecule has 1 rings (SSSR count). The molecule has 1 aromatic rings. The quantitative estimate of drug-likeness (QED) is 0.499. The van der Waals surface area contributed by atoms with E-state index in [9.17, 15) is 4.39 Å². The van der Waals surface area contributed by atoms with E-state index in [0.717, 1.165) is 18.7 Å². The van der Waals surface area contributed by atoms with Crippen molar-refractivity contribution in [3.8, 4) is 0 Å². The van der Waals surface area contributed by atoms with Crippen LogP contribution in [-0.4, -0.2) is 6.54 Å². The van der Waals surface area contributed by atoms with E-state index in [-0.39, 0.29) is 5.82 Å². The van der Waals surface area contributed by atoms with Crippen LogP contribution in [0.5, 0.6) is 0 Å². The van der Waals surface area contributed by atoms with E-state index in [1.165, 1.54) is 51.4 Å². The molecule has 20 heavy (non-hydrogen) atoms. The lowest BCUT2D eigenvalue weighted by molar-refractivity contribution is 0.554. The molecule has 0 aliphatic rings. The van der Waals surface area contributed by atoms with Crippen molar-refractivity contribution in [1.29, 1.82) is 0 Å². The minimum Gasteiger partial charge on any atom is -0.313 e. The topological polar surface area (TPSA) is 12.0 Å². The van der Waals surface area contributed by atoms with Crippen molar-refractivity contribution in [2.45, 2.75) is 64.8 Å². The van der Waals surface area contributed by atoms with E-state index in [1.54, 1.807) is 12.1 Å². The summed E-state index contributed by atoms with van der Waals surface area (Å²) in [5, 5.41) is 3.38. The predicted octanol–water partition coefficient (Wildman–Crippen LogP) is 5.82. The number of hydrogen-bond donors (Lipinski definition) is 1. The van der Waals surface area contributed by atoms with E-state index in [2.05, 4.69) is 28.2 Å². The van der Waals surface area contributed by atoms with Crippen molar-refractivity contribution >= 4 is 15.9 Å². The number of halogens is 2. The highest BCUT2D eigenvalue weighted by Gasteiger charge is 2.00. The van der Waals surface area contributed by atoms with Gasteiger partial charge in [0.1, 0.15) is 5.82 Å². The molecule has 0 aliphatic heterocycles. The highest BCUT2D eigenvalue weighted by molar-refractivity contribution is 9.10. The van der Waals surface area contributed by atoms with E-state index in [0.29, 0.717) is 4.47 Å². The van der Waals surface area contributed by atoms with Gasteiger partial charge >= 0.3 is 0 Å². The van der Waals surface area contributed by atoms with Crippen molar-refractivity contribution in [1.82, 2.24) is 5.32 Å². The molecule has 0 atom stereocenters. The van der Waals surface area contributed by atoms with Crippen LogP contribution in [0.25, 0.3) is 0 Å². The van der Waals surface area contributed by atoms with Crippen molar-refractivity contribution < 1.29 is 4.39 Å². The Hall–Kier alpha value is -0.410. The highest BCUT2D eigenvalue weighted by atomic mass is 79.9. The number of unbranched alkanes of at least 4 members (excludes halogenated alkanes) is 7. The van der Waals surface area contributed by atoms with Gasteiger partial charge in [0.05, 0.1) is 4.47 Å². The van der Waals surface area contributed by atoms with Crippen LogP contribution in [0.3, 0.4) is 0 Å². The Morgan fingerprint density at radius 3 is 2.30 bits per heavy atom. The third-order valence-electron chi connectivity index (χ3n) is 3.52. The van der Waals surface area contributed by atoms with Gasteiger partial charge in [0.2, 0.25) is 0 Å². The first-order valence-electron chi connectivity index (χ1n) is 7.88. The largest absolute Gasteiger partial charge is 0.313 e. The van der Waals surface area contributed by atoms with Gasteiger partial charge in [-0.05, 0) is 46.6 Å². The summed E-state index contributed by atoms with van der Waals surface area (Å²) in [6.45, 7) is 4.02. The van der Waals surface area contributed by atoms with Crippen LogP contribution >= 0.6 is 15.9 Å². The van der Waals surface area contributed by atoms with Gasteiger partial charge in [0.15, 0.2) is 0 Å². The first-order chi connectivity index (χ1) is 9.74. The zero-order chi connectivity index (χ0) is 14.6. The molecular formula is C17H27BrFN. The summed E-state index contributed by atoms with van der Waals surface area (Å²) in [7, 11) is 0. The van der Waals surface area contributed by atoms with Crippen molar-refractivity contribution in [3.63, 3.8) is 0 Å². The average molecular weight is 344 g/mol. The van der Waals surface area contributed by atoms with E-state index in [4.69, 9.17) is 0 Å². The van der Waals surface area contributed by atoms with Crippen molar-refractivity contribution in [2.24, 2.45) is 0 Å². The maximum absolute atomic E-state index is 13.3. The Morgan fingerprint density at radius 1 is 1.00 bits per heavy atom. The summed E-state index contributed by atoms with van der Waals surface area (Å²) in [4.78, 5) is 0. The summed E-state index contributed by atoms with van der Waals surface area (Å²) >= 11 is 3.17. The molecule has 0 radical (unpaired) electrons. The molecule has 0 heterocycles. The van der Waals surface area contributed by atoms with E-state index in [1.807, 2.05) is 6.07 Å². The van der Waals surface area contributed by atoms with Gasteiger partial charge in [-0.3, -0.25) is 0 Å². The Bertz CT molecular complexity index is 368. The van der Waals surface area contributed by atoms with Gasteiger partial charge in [-0.15, -0.1) is 0 Å². The molecule has 0 aromatic heterocycles. The van der Waals surface area contributed by atoms with Crippen LogP contribution in [0.1, 0.15) is 63.9 Å². The maximum Gasteiger partial charge on any atom is 0.137 e. The Labute approximate surface area is 131 Å². The van der Waals surface area contributed by atoms with Crippen molar-refractivity contribution in [3.05, 3.63) is 34.1 Å². The van der Waals surface area contributed by atoms with Crippen LogP contribution in [0, 0.1) is 5.82 Å². The summed E-state index contributed by atoms with van der Waals surface area (Å²) in [5.41, 5.74) is 1.00. The zero-order valence-electron chi connectivity index (χ0n) is 12.6. The lowest BCUT2D eigenvalue weighted by Crippen LogP contribution is -2.14. The van der Waals surface area contributed by atoms with Crippen LogP contribution in [0.2, 0.25) is 0 Å². The molecule has 0 saturated carbocycles. The van der Waals surface area contributed by atoms with Gasteiger partial charge in [-0.25, -0.2) is 4.39 Å². The maximum atomic E-state index is 13.3. The Kier molecular flexibility index (Phi) is 9.94. The number of rotatable bonds is 11. The molecular weight excluding hydrogens is 317 g/mol. The summed E-state index contributed by atoms with van der Waals surface area (Å²) < 4.78 is 13.8. The first kappa shape index (κ1) is 17.6. The highest BCUT2D eigenvalue weighted by Crippen LogP contribution is 2.16. The molecule has 0 saturated heterocycles. The van der Waals surface area contributed by atoms with Gasteiger partial charge in [0.25, 0.3) is 0 Å². The second kappa shape index (κ2) is 11.3. The molecule has 1 aromatic carbocycles. The standard InChI is InChI=1S/C17H27BrFN/c1-2-3-4-5-6-7-8-9-12-20-14-15-10-11-16(18)17(19)13-15/h10-11,13,20H,2-9,12,14H2,1H3. The summed E-state index contributed by atoms with van der Waals surface area (Å²) in [6, 6.07) is 5.31. The van der Waals surface area contributed by atoms with Gasteiger partial charge in [0, 0.05) is 6.54 Å². The average Bonchev–Trinajstić information content (AvgIpc) is 2.45. The smallest absolute Gasteiger partial charge is 0.137 e. The number of nitrogens with one attached hydrogen (secondary N) is 1. The second-order valence-corrected chi connectivity index (χ2v) is 6.25. The lowest BCUT2D eigenvalue weighted by Gasteiger charge is -2.06. The molecule has 0 amide bonds. The first-order valence-corrected chi connectivity index (χ1v) is 8.68.